The highest BCUT2D eigenvalue weighted by molar-refractivity contribution is 6.20. The number of nitrogens with zero attached hydrogens (tertiary/aromatic N) is 4. The molecule has 1 aliphatic carbocycles. The number of hydrogen-bond donors (Lipinski definition) is 2. The summed E-state index contributed by atoms with van der Waals surface area (Å²) in [5, 5.41) is 6.73. The molecule has 0 radical (unpaired) electrons. The number of fused-ring (bicyclic) bond motifs is 1. The summed E-state index contributed by atoms with van der Waals surface area (Å²) in [7, 11) is 0. The molecule has 2 aromatic heterocycles. The van der Waals surface area contributed by atoms with E-state index in [-0.39, 0.29) is 29.3 Å². The molecule has 2 fully saturated rings. The largest absolute Gasteiger partial charge is 0.353 e. The molecular weight excluding hydrogens is 352 g/mol. The van der Waals surface area contributed by atoms with Crippen LogP contribution in [0.1, 0.15) is 32.6 Å². The Kier molecular flexibility index (Phi) is 4.80. The second-order valence-corrected chi connectivity index (χ2v) is 7.89. The molecular formula is C18H23ClN6O. The van der Waals surface area contributed by atoms with E-state index >= 15 is 0 Å². The zero-order valence-electron chi connectivity index (χ0n) is 14.7. The van der Waals surface area contributed by atoms with Gasteiger partial charge in [0.2, 0.25) is 11.9 Å². The molecule has 1 amide bonds. The third-order valence-electron chi connectivity index (χ3n) is 5.51. The Hall–Kier alpha value is -2.15. The molecule has 1 saturated carbocycles. The van der Waals surface area contributed by atoms with Crippen molar-refractivity contribution in [2.45, 2.75) is 50.1 Å². The van der Waals surface area contributed by atoms with Crippen LogP contribution in [0, 0.1) is 11.8 Å². The number of nitrogens with one attached hydrogen (secondary N) is 2. The second-order valence-electron chi connectivity index (χ2n) is 7.27. The zero-order valence-corrected chi connectivity index (χ0v) is 15.4. The number of rotatable bonds is 4. The molecule has 1 aliphatic heterocycles. The monoisotopic (exact) mass is 374 g/mol. The fourth-order valence-corrected chi connectivity index (χ4v) is 4.43. The van der Waals surface area contributed by atoms with Crippen LogP contribution in [-0.4, -0.2) is 42.9 Å². The first kappa shape index (κ1) is 17.3. The number of amides is 1. The lowest BCUT2D eigenvalue weighted by Gasteiger charge is -2.42. The molecule has 7 nitrogen and oxygen atoms in total. The Bertz CT molecular complexity index is 767. The molecule has 0 spiro atoms. The average Bonchev–Trinajstić information content (AvgIpc) is 3.16. The first-order valence-corrected chi connectivity index (χ1v) is 9.56. The van der Waals surface area contributed by atoms with Crippen molar-refractivity contribution in [2.24, 2.45) is 11.8 Å². The Morgan fingerprint density at radius 3 is 3.04 bits per heavy atom. The smallest absolute Gasteiger partial charge is 0.225 e. The lowest BCUT2D eigenvalue weighted by atomic mass is 9.74. The van der Waals surface area contributed by atoms with Crippen LogP contribution in [0.4, 0.5) is 5.95 Å². The third-order valence-corrected chi connectivity index (χ3v) is 5.91. The standard InChI is InChI=1S/C18H23ClN6O/c1-11(14-9-12-8-13(19)2-3-15(12)23-17(14)26)22-18-21-5-4-16(24-18)25-7-6-20-10-25/h4-7,10-15H,2-3,8-9H2,1H3,(H,23,26)(H,21,22,24)/t11-,12?,13?,14?,15?/m0/s1. The van der Waals surface area contributed by atoms with Crippen LogP contribution in [0.15, 0.2) is 31.0 Å². The first-order chi connectivity index (χ1) is 12.6. The summed E-state index contributed by atoms with van der Waals surface area (Å²) in [6.07, 6.45) is 10.7. The van der Waals surface area contributed by atoms with Gasteiger partial charge in [-0.25, -0.2) is 9.97 Å². The number of carbonyl (C=O) groups is 1. The van der Waals surface area contributed by atoms with Gasteiger partial charge in [0.05, 0.1) is 5.92 Å². The van der Waals surface area contributed by atoms with Gasteiger partial charge in [0, 0.05) is 36.1 Å². The van der Waals surface area contributed by atoms with Gasteiger partial charge in [-0.1, -0.05) is 0 Å². The van der Waals surface area contributed by atoms with Gasteiger partial charge in [0.1, 0.15) is 12.1 Å². The fourth-order valence-electron chi connectivity index (χ4n) is 4.07. The molecule has 5 atom stereocenters. The minimum atomic E-state index is -0.112. The van der Waals surface area contributed by atoms with E-state index < -0.39 is 0 Å². The number of aromatic nitrogens is 4. The zero-order chi connectivity index (χ0) is 18.1. The first-order valence-electron chi connectivity index (χ1n) is 9.12. The number of piperidine rings is 1. The van der Waals surface area contributed by atoms with E-state index in [4.69, 9.17) is 11.6 Å². The van der Waals surface area contributed by atoms with Crippen LogP contribution in [0.2, 0.25) is 0 Å². The van der Waals surface area contributed by atoms with Crippen LogP contribution >= 0.6 is 11.6 Å². The highest BCUT2D eigenvalue weighted by Gasteiger charge is 2.41. The van der Waals surface area contributed by atoms with Gasteiger partial charge in [0.25, 0.3) is 0 Å². The maximum absolute atomic E-state index is 12.6. The van der Waals surface area contributed by atoms with Crippen molar-refractivity contribution in [1.82, 2.24) is 24.8 Å². The molecule has 0 bridgehead atoms. The van der Waals surface area contributed by atoms with Gasteiger partial charge in [-0.05, 0) is 44.6 Å². The van der Waals surface area contributed by atoms with Crippen LogP contribution in [0.25, 0.3) is 5.82 Å². The summed E-state index contributed by atoms with van der Waals surface area (Å²) in [5.74, 6) is 1.70. The summed E-state index contributed by atoms with van der Waals surface area (Å²) in [5.41, 5.74) is 0. The lowest BCUT2D eigenvalue weighted by Crippen LogP contribution is -2.55. The van der Waals surface area contributed by atoms with Crippen molar-refractivity contribution >= 4 is 23.5 Å². The third kappa shape index (κ3) is 3.53. The van der Waals surface area contributed by atoms with Crippen LogP contribution < -0.4 is 10.6 Å². The summed E-state index contributed by atoms with van der Waals surface area (Å²) < 4.78 is 1.82. The topological polar surface area (TPSA) is 84.7 Å². The van der Waals surface area contributed by atoms with Gasteiger partial charge in [0.15, 0.2) is 0 Å². The predicted octanol–water partition coefficient (Wildman–Crippen LogP) is 2.37. The molecule has 4 rings (SSSR count). The van der Waals surface area contributed by atoms with E-state index in [2.05, 4.69) is 25.6 Å². The van der Waals surface area contributed by atoms with Gasteiger partial charge in [-0.2, -0.15) is 4.98 Å². The molecule has 4 unspecified atom stereocenters. The molecule has 2 N–H and O–H groups in total. The number of carbonyl (C=O) groups excluding carboxylic acids is 1. The Balaban J connectivity index is 1.45. The van der Waals surface area contributed by atoms with Crippen molar-refractivity contribution in [3.8, 4) is 5.82 Å². The highest BCUT2D eigenvalue weighted by Crippen LogP contribution is 2.36. The number of hydrogen-bond acceptors (Lipinski definition) is 5. The lowest BCUT2D eigenvalue weighted by molar-refractivity contribution is -0.130. The van der Waals surface area contributed by atoms with Gasteiger partial charge >= 0.3 is 0 Å². The van der Waals surface area contributed by atoms with Crippen molar-refractivity contribution in [3.63, 3.8) is 0 Å². The minimum Gasteiger partial charge on any atom is -0.353 e. The molecule has 2 aliphatic rings. The number of alkyl halides is 1. The van der Waals surface area contributed by atoms with Gasteiger partial charge in [-0.3, -0.25) is 9.36 Å². The molecule has 3 heterocycles. The van der Waals surface area contributed by atoms with Crippen LogP contribution in [0.3, 0.4) is 0 Å². The minimum absolute atomic E-state index is 0.0651. The Morgan fingerprint density at radius 2 is 2.23 bits per heavy atom. The molecule has 2 aromatic rings. The summed E-state index contributed by atoms with van der Waals surface area (Å²) in [6, 6.07) is 2.03. The van der Waals surface area contributed by atoms with Crippen LogP contribution in [0.5, 0.6) is 0 Å². The summed E-state index contributed by atoms with van der Waals surface area (Å²) in [4.78, 5) is 25.4. The summed E-state index contributed by atoms with van der Waals surface area (Å²) in [6.45, 7) is 2.01. The van der Waals surface area contributed by atoms with Gasteiger partial charge in [-0.15, -0.1) is 11.6 Å². The van der Waals surface area contributed by atoms with Crippen molar-refractivity contribution in [2.75, 3.05) is 5.32 Å². The Morgan fingerprint density at radius 1 is 1.35 bits per heavy atom. The normalized spacial score (nSPS) is 29.5. The molecule has 26 heavy (non-hydrogen) atoms. The number of anilines is 1. The summed E-state index contributed by atoms with van der Waals surface area (Å²) >= 11 is 6.34. The van der Waals surface area contributed by atoms with E-state index in [9.17, 15) is 4.79 Å². The van der Waals surface area contributed by atoms with Crippen molar-refractivity contribution < 1.29 is 4.79 Å². The van der Waals surface area contributed by atoms with Crippen LogP contribution in [-0.2, 0) is 4.79 Å². The van der Waals surface area contributed by atoms with E-state index in [1.165, 1.54) is 0 Å². The Labute approximate surface area is 157 Å². The maximum atomic E-state index is 12.6. The van der Waals surface area contributed by atoms with Crippen molar-refractivity contribution in [1.29, 1.82) is 0 Å². The average molecular weight is 375 g/mol. The van der Waals surface area contributed by atoms with E-state index in [1.807, 2.05) is 23.8 Å². The van der Waals surface area contributed by atoms with E-state index in [0.29, 0.717) is 11.9 Å². The molecule has 1 saturated heterocycles. The molecule has 8 heteroatoms. The maximum Gasteiger partial charge on any atom is 0.225 e. The van der Waals surface area contributed by atoms with E-state index in [0.717, 1.165) is 31.5 Å². The highest BCUT2D eigenvalue weighted by atomic mass is 35.5. The predicted molar refractivity (Wildman–Crippen MR) is 99.3 cm³/mol. The SMILES string of the molecule is C[C@H](Nc1nccc(-n2ccnc2)n1)C1CC2CC(Cl)CCC2NC1=O. The fraction of sp³-hybridized carbons (Fsp3) is 0.556. The van der Waals surface area contributed by atoms with Gasteiger partial charge < -0.3 is 10.6 Å². The van der Waals surface area contributed by atoms with E-state index in [1.54, 1.807) is 18.7 Å². The molecule has 0 aromatic carbocycles. The number of halogens is 1. The second kappa shape index (κ2) is 7.23. The van der Waals surface area contributed by atoms with Crippen molar-refractivity contribution in [3.05, 3.63) is 31.0 Å². The number of imidazole rings is 1. The quantitative estimate of drug-likeness (QED) is 0.802. The molecule has 138 valence electrons.